The number of rotatable bonds is 4. The van der Waals surface area contributed by atoms with Gasteiger partial charge in [-0.2, -0.15) is 4.98 Å². The number of anilines is 4. The van der Waals surface area contributed by atoms with E-state index in [4.69, 9.17) is 26.8 Å². The van der Waals surface area contributed by atoms with Gasteiger partial charge in [0.05, 0.1) is 31.5 Å². The Labute approximate surface area is 160 Å². The molecular weight excluding hydrogens is 370 g/mol. The Morgan fingerprint density at radius 2 is 2.00 bits per heavy atom. The predicted octanol–water partition coefficient (Wildman–Crippen LogP) is 2.24. The molecule has 1 aliphatic rings. The van der Waals surface area contributed by atoms with Crippen molar-refractivity contribution in [1.29, 1.82) is 0 Å². The van der Waals surface area contributed by atoms with E-state index >= 15 is 0 Å². The van der Waals surface area contributed by atoms with Crippen LogP contribution in [-0.2, 0) is 4.74 Å². The molecule has 0 unspecified atom stereocenters. The topological polar surface area (TPSA) is 111 Å². The molecule has 4 rings (SSSR count). The molecule has 1 aromatic carbocycles. The zero-order chi connectivity index (χ0) is 18.8. The molecule has 0 saturated carbocycles. The smallest absolute Gasteiger partial charge is 0.231 e. The standard InChI is InChI=1S/C17H18ClN7O2/c1-26-13-7-12-10(6-11(13)19)16(21-9-20-12)24-17-22-14(18)8-15(23-17)25-2-4-27-5-3-25/h6-9H,2-5,19H2,1H3,(H,20,21,22,23,24). The van der Waals surface area contributed by atoms with Crippen molar-refractivity contribution in [2.45, 2.75) is 0 Å². The summed E-state index contributed by atoms with van der Waals surface area (Å²) in [6.45, 7) is 2.81. The molecule has 9 nitrogen and oxygen atoms in total. The number of aromatic nitrogens is 4. The van der Waals surface area contributed by atoms with Crippen molar-refractivity contribution in [2.75, 3.05) is 49.4 Å². The van der Waals surface area contributed by atoms with Crippen molar-refractivity contribution in [2.24, 2.45) is 0 Å². The van der Waals surface area contributed by atoms with Gasteiger partial charge in [0.25, 0.3) is 0 Å². The van der Waals surface area contributed by atoms with E-state index in [1.54, 1.807) is 25.3 Å². The number of nitrogens with two attached hydrogens (primary N) is 1. The summed E-state index contributed by atoms with van der Waals surface area (Å²) in [5.41, 5.74) is 7.20. The fraction of sp³-hybridized carbons (Fsp3) is 0.294. The fourth-order valence-electron chi connectivity index (χ4n) is 2.90. The Hall–Kier alpha value is -2.91. The van der Waals surface area contributed by atoms with E-state index in [2.05, 4.69) is 30.2 Å². The maximum absolute atomic E-state index is 6.20. The molecule has 1 aliphatic heterocycles. The van der Waals surface area contributed by atoms with Gasteiger partial charge in [-0.1, -0.05) is 11.6 Å². The van der Waals surface area contributed by atoms with Crippen molar-refractivity contribution in [3.63, 3.8) is 0 Å². The number of methoxy groups -OCH3 is 1. The van der Waals surface area contributed by atoms with Crippen molar-refractivity contribution in [3.05, 3.63) is 29.7 Å². The van der Waals surface area contributed by atoms with Crippen molar-refractivity contribution in [3.8, 4) is 5.75 Å². The predicted molar refractivity (Wildman–Crippen MR) is 104 cm³/mol. The first-order valence-electron chi connectivity index (χ1n) is 8.36. The number of morpholine rings is 1. The first kappa shape index (κ1) is 17.5. The Bertz CT molecular complexity index is 979. The number of nitrogen functional groups attached to an aromatic ring is 1. The van der Waals surface area contributed by atoms with Gasteiger partial charge in [0.15, 0.2) is 0 Å². The van der Waals surface area contributed by atoms with Gasteiger partial charge in [-0.3, -0.25) is 0 Å². The van der Waals surface area contributed by atoms with Gasteiger partial charge in [0.2, 0.25) is 5.95 Å². The van der Waals surface area contributed by atoms with E-state index < -0.39 is 0 Å². The van der Waals surface area contributed by atoms with Crippen molar-refractivity contribution >= 4 is 45.8 Å². The Balaban J connectivity index is 1.69. The Morgan fingerprint density at radius 3 is 2.78 bits per heavy atom. The van der Waals surface area contributed by atoms with E-state index in [0.29, 0.717) is 47.1 Å². The third-order valence-electron chi connectivity index (χ3n) is 4.23. The van der Waals surface area contributed by atoms with E-state index in [1.165, 1.54) is 6.33 Å². The molecule has 27 heavy (non-hydrogen) atoms. The summed E-state index contributed by atoms with van der Waals surface area (Å²) in [5.74, 6) is 2.17. The minimum atomic E-state index is 0.341. The monoisotopic (exact) mass is 387 g/mol. The number of hydrogen-bond donors (Lipinski definition) is 2. The molecule has 10 heteroatoms. The lowest BCUT2D eigenvalue weighted by atomic mass is 10.2. The van der Waals surface area contributed by atoms with Crippen LogP contribution in [0.25, 0.3) is 10.9 Å². The number of ether oxygens (including phenoxy) is 2. The van der Waals surface area contributed by atoms with Crippen molar-refractivity contribution in [1.82, 2.24) is 19.9 Å². The fourth-order valence-corrected chi connectivity index (χ4v) is 3.08. The zero-order valence-electron chi connectivity index (χ0n) is 14.6. The lowest BCUT2D eigenvalue weighted by molar-refractivity contribution is 0.122. The number of nitrogens with zero attached hydrogens (tertiary/aromatic N) is 5. The van der Waals surface area contributed by atoms with Crippen LogP contribution in [-0.4, -0.2) is 53.3 Å². The number of benzene rings is 1. The summed E-state index contributed by atoms with van der Waals surface area (Å²) in [5, 5.41) is 4.19. The van der Waals surface area contributed by atoms with Crippen LogP contribution in [0, 0.1) is 0 Å². The minimum absolute atomic E-state index is 0.341. The molecule has 2 aromatic heterocycles. The molecule has 0 radical (unpaired) electrons. The molecule has 0 atom stereocenters. The van der Waals surface area contributed by atoms with Gasteiger partial charge >= 0.3 is 0 Å². The van der Waals surface area contributed by atoms with E-state index in [0.717, 1.165) is 24.3 Å². The first-order chi connectivity index (χ1) is 13.1. The van der Waals surface area contributed by atoms with Crippen LogP contribution in [0.4, 0.5) is 23.3 Å². The highest BCUT2D eigenvalue weighted by Crippen LogP contribution is 2.31. The van der Waals surface area contributed by atoms with Crippen molar-refractivity contribution < 1.29 is 9.47 Å². The molecular formula is C17H18ClN7O2. The van der Waals surface area contributed by atoms with Crippen LogP contribution in [0.1, 0.15) is 0 Å². The third kappa shape index (κ3) is 3.64. The summed E-state index contributed by atoms with van der Waals surface area (Å²) < 4.78 is 10.6. The number of halogens is 1. The van der Waals surface area contributed by atoms with E-state index in [1.807, 2.05) is 0 Å². The molecule has 1 saturated heterocycles. The Morgan fingerprint density at radius 1 is 1.19 bits per heavy atom. The molecule has 3 aromatic rings. The molecule has 0 spiro atoms. The van der Waals surface area contributed by atoms with Crippen LogP contribution in [0.15, 0.2) is 24.5 Å². The Kier molecular flexibility index (Phi) is 4.78. The highest BCUT2D eigenvalue weighted by Gasteiger charge is 2.16. The second kappa shape index (κ2) is 7.37. The number of nitrogens with one attached hydrogen (secondary N) is 1. The summed E-state index contributed by atoms with van der Waals surface area (Å²) in [4.78, 5) is 19.5. The highest BCUT2D eigenvalue weighted by molar-refractivity contribution is 6.29. The van der Waals surface area contributed by atoms with Gasteiger partial charge < -0.3 is 25.4 Å². The van der Waals surface area contributed by atoms with E-state index in [-0.39, 0.29) is 0 Å². The first-order valence-corrected chi connectivity index (χ1v) is 8.74. The van der Waals surface area contributed by atoms with Crippen LogP contribution in [0.2, 0.25) is 5.15 Å². The molecule has 3 N–H and O–H groups in total. The van der Waals surface area contributed by atoms with Gasteiger partial charge in [0.1, 0.15) is 28.9 Å². The molecule has 0 amide bonds. The third-order valence-corrected chi connectivity index (χ3v) is 4.43. The molecule has 3 heterocycles. The molecule has 0 bridgehead atoms. The second-order valence-electron chi connectivity index (χ2n) is 5.93. The maximum Gasteiger partial charge on any atom is 0.231 e. The van der Waals surface area contributed by atoms with Gasteiger partial charge in [-0.25, -0.2) is 15.0 Å². The van der Waals surface area contributed by atoms with E-state index in [9.17, 15) is 0 Å². The van der Waals surface area contributed by atoms with Crippen LogP contribution in [0.3, 0.4) is 0 Å². The largest absolute Gasteiger partial charge is 0.495 e. The number of fused-ring (bicyclic) bond motifs is 1. The highest BCUT2D eigenvalue weighted by atomic mass is 35.5. The molecule has 140 valence electrons. The average Bonchev–Trinajstić information content (AvgIpc) is 2.68. The lowest BCUT2D eigenvalue weighted by Crippen LogP contribution is -2.36. The van der Waals surface area contributed by atoms with Gasteiger partial charge in [-0.15, -0.1) is 0 Å². The summed E-state index contributed by atoms with van der Waals surface area (Å²) in [6, 6.07) is 5.25. The SMILES string of the molecule is COc1cc2ncnc(Nc3nc(Cl)cc(N4CCOCC4)n3)c2cc1N. The van der Waals surface area contributed by atoms with Gasteiger partial charge in [-0.05, 0) is 6.07 Å². The van der Waals surface area contributed by atoms with Gasteiger partial charge in [0, 0.05) is 30.6 Å². The second-order valence-corrected chi connectivity index (χ2v) is 6.32. The number of hydrogen-bond acceptors (Lipinski definition) is 9. The van der Waals surface area contributed by atoms with Crippen LogP contribution >= 0.6 is 11.6 Å². The van der Waals surface area contributed by atoms with Crippen LogP contribution in [0.5, 0.6) is 5.75 Å². The average molecular weight is 388 g/mol. The molecule has 1 fully saturated rings. The summed E-state index contributed by atoms with van der Waals surface area (Å²) >= 11 is 6.20. The minimum Gasteiger partial charge on any atom is -0.495 e. The molecule has 0 aliphatic carbocycles. The zero-order valence-corrected chi connectivity index (χ0v) is 15.4. The normalized spacial score (nSPS) is 14.4. The lowest BCUT2D eigenvalue weighted by Gasteiger charge is -2.28. The summed E-state index contributed by atoms with van der Waals surface area (Å²) in [6.07, 6.45) is 1.45. The quantitative estimate of drug-likeness (QED) is 0.514. The maximum atomic E-state index is 6.20. The summed E-state index contributed by atoms with van der Waals surface area (Å²) in [7, 11) is 1.56. The van der Waals surface area contributed by atoms with Crippen LogP contribution < -0.4 is 20.7 Å².